The molecule has 7 heteroatoms. The van der Waals surface area contributed by atoms with Crippen LogP contribution < -0.4 is 19.5 Å². The van der Waals surface area contributed by atoms with Crippen LogP contribution in [0.25, 0.3) is 11.1 Å². The number of phenols is 1. The Bertz CT molecular complexity index is 1290. The minimum absolute atomic E-state index is 0.0253. The third kappa shape index (κ3) is 4.99. The second-order valence-corrected chi connectivity index (χ2v) is 8.15. The first kappa shape index (κ1) is 23.9. The fraction of sp³-hybridized carbons (Fsp3) is 0.214. The third-order valence-corrected chi connectivity index (χ3v) is 6.06. The number of rotatable bonds is 8. The first-order valence-electron chi connectivity index (χ1n) is 11.2. The molecule has 0 radical (unpaired) electrons. The highest BCUT2D eigenvalue weighted by atomic mass is 16.5. The molecule has 0 bridgehead atoms. The number of carbonyl (C=O) groups excluding carboxylic acids is 1. The second kappa shape index (κ2) is 10.3. The predicted octanol–water partition coefficient (Wildman–Crippen LogP) is 5.26. The van der Waals surface area contributed by atoms with Crippen LogP contribution in [-0.4, -0.2) is 37.3 Å². The molecule has 0 saturated heterocycles. The first-order chi connectivity index (χ1) is 16.9. The maximum atomic E-state index is 12.9. The number of hydrogen-bond acceptors (Lipinski definition) is 6. The predicted molar refractivity (Wildman–Crippen MR) is 136 cm³/mol. The number of amides is 1. The van der Waals surface area contributed by atoms with Crippen LogP contribution in [0.5, 0.6) is 23.0 Å². The molecule has 180 valence electrons. The van der Waals surface area contributed by atoms with Crippen LogP contribution in [-0.2, 0) is 11.2 Å². The molecular formula is C28H28N2O5. The van der Waals surface area contributed by atoms with E-state index in [-0.39, 0.29) is 18.1 Å². The number of allylic oxidation sites excluding steroid dienone is 3. The van der Waals surface area contributed by atoms with Crippen molar-refractivity contribution in [2.24, 2.45) is 0 Å². The van der Waals surface area contributed by atoms with Crippen molar-refractivity contribution in [3.8, 4) is 23.0 Å². The Balaban J connectivity index is 1.67. The monoisotopic (exact) mass is 472 g/mol. The van der Waals surface area contributed by atoms with E-state index >= 15 is 0 Å². The maximum absolute atomic E-state index is 12.9. The van der Waals surface area contributed by atoms with Crippen molar-refractivity contribution in [3.63, 3.8) is 0 Å². The lowest BCUT2D eigenvalue weighted by Crippen LogP contribution is -2.12. The topological polar surface area (TPSA) is 89.9 Å². The van der Waals surface area contributed by atoms with Gasteiger partial charge in [0, 0.05) is 6.20 Å². The molecular weight excluding hydrogens is 444 g/mol. The summed E-state index contributed by atoms with van der Waals surface area (Å²) in [7, 11) is 4.64. The van der Waals surface area contributed by atoms with Crippen molar-refractivity contribution in [1.82, 2.24) is 4.98 Å². The number of methoxy groups -OCH3 is 3. The van der Waals surface area contributed by atoms with E-state index in [0.717, 1.165) is 39.2 Å². The molecule has 0 atom stereocenters. The molecule has 35 heavy (non-hydrogen) atoms. The summed E-state index contributed by atoms with van der Waals surface area (Å²) in [5.74, 6) is 1.30. The van der Waals surface area contributed by atoms with Crippen LogP contribution in [0.2, 0.25) is 0 Å². The summed E-state index contributed by atoms with van der Waals surface area (Å²) in [5, 5.41) is 13.1. The maximum Gasteiger partial charge on any atom is 0.228 e. The number of benzene rings is 2. The average Bonchev–Trinajstić information content (AvgIpc) is 3.13. The summed E-state index contributed by atoms with van der Waals surface area (Å²) in [5.41, 5.74) is 6.65. The van der Waals surface area contributed by atoms with Gasteiger partial charge in [-0.15, -0.1) is 0 Å². The molecule has 7 nitrogen and oxygen atoms in total. The van der Waals surface area contributed by atoms with Crippen LogP contribution in [0, 0.1) is 0 Å². The second-order valence-electron chi connectivity index (χ2n) is 8.15. The van der Waals surface area contributed by atoms with Gasteiger partial charge in [0.15, 0.2) is 11.5 Å². The largest absolute Gasteiger partial charge is 0.502 e. The van der Waals surface area contributed by atoms with E-state index in [1.165, 1.54) is 14.2 Å². The zero-order valence-corrected chi connectivity index (χ0v) is 20.2. The fourth-order valence-corrected chi connectivity index (χ4v) is 4.28. The van der Waals surface area contributed by atoms with Crippen LogP contribution in [0.3, 0.4) is 0 Å². The standard InChI is InChI=1S/C28H28N2O5/c1-17-21(9-7-18-12-25(34-3)28(32)26(13-18)35-4)22-10-8-20(33-2)14-24(22)23(17)15-27(31)30-19-6-5-11-29-16-19/h5-6,8-14,16,32H,7,15H2,1-4H3,(H,30,31)/b21-9-. The molecule has 3 aromatic rings. The number of anilines is 1. The highest BCUT2D eigenvalue weighted by Crippen LogP contribution is 2.44. The zero-order valence-electron chi connectivity index (χ0n) is 20.2. The number of nitrogens with zero attached hydrogens (tertiary/aromatic N) is 1. The van der Waals surface area contributed by atoms with Gasteiger partial charge in [0.25, 0.3) is 0 Å². The minimum atomic E-state index is -0.115. The van der Waals surface area contributed by atoms with Crippen LogP contribution in [0.4, 0.5) is 5.69 Å². The minimum Gasteiger partial charge on any atom is -0.502 e. The lowest BCUT2D eigenvalue weighted by molar-refractivity contribution is -0.115. The number of phenolic OH excluding ortho intramolecular Hbond substituents is 1. The number of nitrogens with one attached hydrogen (secondary N) is 1. The summed E-state index contributed by atoms with van der Waals surface area (Å²) in [6.45, 7) is 2.03. The van der Waals surface area contributed by atoms with Gasteiger partial charge in [-0.05, 0) is 83.2 Å². The number of ether oxygens (including phenoxy) is 3. The van der Waals surface area contributed by atoms with Gasteiger partial charge in [-0.2, -0.15) is 0 Å². The van der Waals surface area contributed by atoms with Gasteiger partial charge in [-0.1, -0.05) is 12.1 Å². The molecule has 1 aliphatic carbocycles. The lowest BCUT2D eigenvalue weighted by atomic mass is 10.00. The Morgan fingerprint density at radius 2 is 1.77 bits per heavy atom. The molecule has 4 rings (SSSR count). The summed E-state index contributed by atoms with van der Waals surface area (Å²) in [6, 6.07) is 13.1. The molecule has 0 saturated carbocycles. The number of fused-ring (bicyclic) bond motifs is 1. The van der Waals surface area contributed by atoms with Crippen LogP contribution >= 0.6 is 0 Å². The molecule has 0 spiro atoms. The van der Waals surface area contributed by atoms with Gasteiger partial charge in [0.1, 0.15) is 5.75 Å². The van der Waals surface area contributed by atoms with Crippen molar-refractivity contribution < 1.29 is 24.1 Å². The number of hydrogen-bond donors (Lipinski definition) is 2. The third-order valence-electron chi connectivity index (χ3n) is 6.06. The van der Waals surface area contributed by atoms with Gasteiger partial charge in [0.05, 0.1) is 39.6 Å². The SMILES string of the molecule is COc1ccc2c(c1)C(CC(=O)Nc1cccnc1)=C(C)/C2=C/Cc1cc(OC)c(O)c(OC)c1. The first-order valence-corrected chi connectivity index (χ1v) is 11.2. The van der Waals surface area contributed by atoms with Gasteiger partial charge in [0.2, 0.25) is 11.7 Å². The zero-order chi connectivity index (χ0) is 24.9. The Morgan fingerprint density at radius 3 is 2.40 bits per heavy atom. The van der Waals surface area contributed by atoms with Gasteiger partial charge < -0.3 is 24.6 Å². The van der Waals surface area contributed by atoms with Crippen molar-refractivity contribution >= 4 is 22.7 Å². The Labute approximate surface area is 204 Å². The van der Waals surface area contributed by atoms with Crippen molar-refractivity contribution in [2.75, 3.05) is 26.6 Å². The Hall–Kier alpha value is -4.26. The van der Waals surface area contributed by atoms with E-state index in [9.17, 15) is 9.90 Å². The number of aromatic nitrogens is 1. The number of aromatic hydroxyl groups is 1. The van der Waals surface area contributed by atoms with Crippen molar-refractivity contribution in [2.45, 2.75) is 19.8 Å². The summed E-state index contributed by atoms with van der Waals surface area (Å²) in [4.78, 5) is 16.9. The van der Waals surface area contributed by atoms with E-state index in [4.69, 9.17) is 14.2 Å². The number of pyridine rings is 1. The van der Waals surface area contributed by atoms with Gasteiger partial charge in [-0.25, -0.2) is 0 Å². The van der Waals surface area contributed by atoms with E-state index in [2.05, 4.69) is 16.4 Å². The molecule has 0 fully saturated rings. The Morgan fingerprint density at radius 1 is 1.03 bits per heavy atom. The molecule has 2 aromatic carbocycles. The van der Waals surface area contributed by atoms with Crippen LogP contribution in [0.1, 0.15) is 30.0 Å². The Kier molecular flexibility index (Phi) is 7.06. The van der Waals surface area contributed by atoms with Gasteiger partial charge in [-0.3, -0.25) is 9.78 Å². The number of carbonyl (C=O) groups is 1. The molecule has 0 unspecified atom stereocenters. The molecule has 1 heterocycles. The molecule has 0 aliphatic heterocycles. The summed E-state index contributed by atoms with van der Waals surface area (Å²) < 4.78 is 16.0. The quantitative estimate of drug-likeness (QED) is 0.465. The highest BCUT2D eigenvalue weighted by Gasteiger charge is 2.26. The molecule has 1 aromatic heterocycles. The van der Waals surface area contributed by atoms with Gasteiger partial charge >= 0.3 is 0 Å². The smallest absolute Gasteiger partial charge is 0.228 e. The van der Waals surface area contributed by atoms with E-state index in [1.807, 2.05) is 31.2 Å². The molecule has 1 amide bonds. The average molecular weight is 473 g/mol. The summed E-state index contributed by atoms with van der Waals surface area (Å²) in [6.07, 6.45) is 6.21. The normalized spacial score (nSPS) is 13.5. The summed E-state index contributed by atoms with van der Waals surface area (Å²) >= 11 is 0. The molecule has 2 N–H and O–H groups in total. The van der Waals surface area contributed by atoms with E-state index in [1.54, 1.807) is 37.7 Å². The van der Waals surface area contributed by atoms with Crippen LogP contribution in [0.15, 0.2) is 66.5 Å². The molecule has 1 aliphatic rings. The van der Waals surface area contributed by atoms with Crippen molar-refractivity contribution in [3.05, 3.63) is 83.2 Å². The van der Waals surface area contributed by atoms with E-state index in [0.29, 0.717) is 23.6 Å². The van der Waals surface area contributed by atoms with E-state index < -0.39 is 0 Å². The highest BCUT2D eigenvalue weighted by molar-refractivity contribution is 6.07. The van der Waals surface area contributed by atoms with Crippen molar-refractivity contribution in [1.29, 1.82) is 0 Å². The fourth-order valence-electron chi connectivity index (χ4n) is 4.28. The lowest BCUT2D eigenvalue weighted by Gasteiger charge is -2.11.